The van der Waals surface area contributed by atoms with Crippen molar-refractivity contribution in [1.82, 2.24) is 4.98 Å². The first kappa shape index (κ1) is 15.7. The number of anilines is 1. The van der Waals surface area contributed by atoms with E-state index in [1.807, 2.05) is 0 Å². The Morgan fingerprint density at radius 3 is 2.52 bits per heavy atom. The fourth-order valence-electron chi connectivity index (χ4n) is 1.68. The van der Waals surface area contributed by atoms with E-state index in [9.17, 15) is 18.5 Å². The Morgan fingerprint density at radius 2 is 2.00 bits per heavy atom. The molecular weight excluding hydrogens is 338 g/mol. The lowest BCUT2D eigenvalue weighted by atomic mass is 10.2. The molecule has 2 aromatic heterocycles. The molecule has 0 aliphatic carbocycles. The van der Waals surface area contributed by atoms with E-state index in [4.69, 9.17) is 11.6 Å². The van der Waals surface area contributed by atoms with Gasteiger partial charge in [0.25, 0.3) is 15.7 Å². The monoisotopic (exact) mass is 347 g/mol. The zero-order valence-electron chi connectivity index (χ0n) is 11.0. The van der Waals surface area contributed by atoms with Crippen molar-refractivity contribution in [3.8, 4) is 0 Å². The number of thiophene rings is 1. The van der Waals surface area contributed by atoms with Gasteiger partial charge in [0.15, 0.2) is 4.34 Å². The van der Waals surface area contributed by atoms with Crippen LogP contribution >= 0.6 is 22.9 Å². The molecule has 0 saturated carbocycles. The van der Waals surface area contributed by atoms with Crippen LogP contribution in [0.2, 0.25) is 4.34 Å². The van der Waals surface area contributed by atoms with E-state index in [-0.39, 0.29) is 14.4 Å². The Labute approximate surface area is 129 Å². The second kappa shape index (κ2) is 5.58. The number of rotatable bonds is 4. The van der Waals surface area contributed by atoms with Crippen LogP contribution in [0.5, 0.6) is 0 Å². The fraction of sp³-hybridized carbons (Fsp3) is 0.182. The topological polar surface area (TPSA) is 102 Å². The van der Waals surface area contributed by atoms with E-state index in [0.29, 0.717) is 17.0 Å². The SMILES string of the molecule is Cc1cc(C)nc(NS(=O)(=O)c2cc([N+](=O)[O-])c(Cl)s2)c1. The van der Waals surface area contributed by atoms with Gasteiger partial charge in [0.2, 0.25) is 0 Å². The molecular formula is C11H10ClN3O4S2. The molecule has 21 heavy (non-hydrogen) atoms. The van der Waals surface area contributed by atoms with Crippen LogP contribution in [0.15, 0.2) is 22.4 Å². The van der Waals surface area contributed by atoms with Gasteiger partial charge in [-0.3, -0.25) is 14.8 Å². The summed E-state index contributed by atoms with van der Waals surface area (Å²) < 4.78 is 26.2. The van der Waals surface area contributed by atoms with Gasteiger partial charge in [0.1, 0.15) is 10.0 Å². The number of aromatic nitrogens is 1. The number of hydrogen-bond donors (Lipinski definition) is 1. The van der Waals surface area contributed by atoms with Crippen LogP contribution in [-0.2, 0) is 10.0 Å². The summed E-state index contributed by atoms with van der Waals surface area (Å²) in [5.74, 6) is 0.152. The van der Waals surface area contributed by atoms with Gasteiger partial charge < -0.3 is 0 Å². The molecule has 2 rings (SSSR count). The quantitative estimate of drug-likeness (QED) is 0.676. The highest BCUT2D eigenvalue weighted by atomic mass is 35.5. The molecule has 2 heterocycles. The van der Waals surface area contributed by atoms with E-state index in [1.54, 1.807) is 26.0 Å². The molecule has 0 aliphatic heterocycles. The number of halogens is 1. The van der Waals surface area contributed by atoms with Gasteiger partial charge in [0, 0.05) is 11.8 Å². The van der Waals surface area contributed by atoms with Crippen LogP contribution in [0.25, 0.3) is 0 Å². The summed E-state index contributed by atoms with van der Waals surface area (Å²) in [6.45, 7) is 3.54. The van der Waals surface area contributed by atoms with E-state index in [1.165, 1.54) is 0 Å². The third-order valence-electron chi connectivity index (χ3n) is 2.44. The molecule has 112 valence electrons. The fourth-order valence-corrected chi connectivity index (χ4v) is 4.33. The highest BCUT2D eigenvalue weighted by Gasteiger charge is 2.25. The molecule has 0 saturated heterocycles. The van der Waals surface area contributed by atoms with Gasteiger partial charge in [-0.15, -0.1) is 11.3 Å². The van der Waals surface area contributed by atoms with Gasteiger partial charge in [-0.05, 0) is 31.5 Å². The van der Waals surface area contributed by atoms with E-state index in [2.05, 4.69) is 9.71 Å². The zero-order valence-corrected chi connectivity index (χ0v) is 13.3. The predicted molar refractivity (Wildman–Crippen MR) is 80.5 cm³/mol. The lowest BCUT2D eigenvalue weighted by molar-refractivity contribution is -0.384. The van der Waals surface area contributed by atoms with Gasteiger partial charge >= 0.3 is 0 Å². The van der Waals surface area contributed by atoms with Crippen molar-refractivity contribution >= 4 is 44.5 Å². The van der Waals surface area contributed by atoms with Crippen molar-refractivity contribution in [3.63, 3.8) is 0 Å². The van der Waals surface area contributed by atoms with E-state index in [0.717, 1.165) is 11.6 Å². The molecule has 0 radical (unpaired) electrons. The molecule has 7 nitrogen and oxygen atoms in total. The molecule has 1 N–H and O–H groups in total. The minimum absolute atomic E-state index is 0.152. The molecule has 0 unspecified atom stereocenters. The van der Waals surface area contributed by atoms with Crippen molar-refractivity contribution in [1.29, 1.82) is 0 Å². The third kappa shape index (κ3) is 3.49. The summed E-state index contributed by atoms with van der Waals surface area (Å²) in [5.41, 5.74) is 1.06. The average Bonchev–Trinajstić information content (AvgIpc) is 2.70. The highest BCUT2D eigenvalue weighted by Crippen LogP contribution is 2.36. The van der Waals surface area contributed by atoms with Crippen molar-refractivity contribution in [2.45, 2.75) is 18.1 Å². The molecule has 0 aromatic carbocycles. The number of nitro groups is 1. The minimum atomic E-state index is -3.96. The van der Waals surface area contributed by atoms with Crippen LogP contribution in [0.4, 0.5) is 11.5 Å². The van der Waals surface area contributed by atoms with Crippen molar-refractivity contribution < 1.29 is 13.3 Å². The number of nitrogens with one attached hydrogen (secondary N) is 1. The largest absolute Gasteiger partial charge is 0.300 e. The molecule has 0 aliphatic rings. The predicted octanol–water partition coefficient (Wildman–Crippen LogP) is 3.12. The number of aryl methyl sites for hydroxylation is 2. The Bertz CT molecular complexity index is 797. The summed E-state index contributed by atoms with van der Waals surface area (Å²) in [5, 5.41) is 10.7. The standard InChI is InChI=1S/C11H10ClN3O4S2/c1-6-3-7(2)13-9(4-6)14-21(18,19)10-5-8(15(16)17)11(12)20-10/h3-5H,1-2H3,(H,13,14). The number of pyridine rings is 1. The first-order valence-electron chi connectivity index (χ1n) is 5.61. The summed E-state index contributed by atoms with van der Waals surface area (Å²) in [7, 11) is -3.96. The van der Waals surface area contributed by atoms with E-state index < -0.39 is 20.6 Å². The summed E-state index contributed by atoms with van der Waals surface area (Å²) in [6, 6.07) is 4.29. The van der Waals surface area contributed by atoms with Crippen molar-refractivity contribution in [2.24, 2.45) is 0 Å². The Hall–Kier alpha value is -1.71. The minimum Gasteiger partial charge on any atom is -0.263 e. The highest BCUT2D eigenvalue weighted by molar-refractivity contribution is 7.94. The average molecular weight is 348 g/mol. The summed E-state index contributed by atoms with van der Waals surface area (Å²) >= 11 is 6.29. The molecule has 0 fully saturated rings. The molecule has 0 atom stereocenters. The van der Waals surface area contributed by atoms with Crippen LogP contribution in [0.1, 0.15) is 11.3 Å². The maximum absolute atomic E-state index is 12.2. The van der Waals surface area contributed by atoms with Crippen molar-refractivity contribution in [2.75, 3.05) is 4.72 Å². The smallest absolute Gasteiger partial charge is 0.263 e. The van der Waals surface area contributed by atoms with Crippen molar-refractivity contribution in [3.05, 3.63) is 43.9 Å². The molecule has 0 spiro atoms. The van der Waals surface area contributed by atoms with Crippen LogP contribution in [0.3, 0.4) is 0 Å². The maximum atomic E-state index is 12.2. The van der Waals surface area contributed by atoms with Gasteiger partial charge in [-0.2, -0.15) is 0 Å². The Balaban J connectivity index is 2.38. The molecule has 0 bridgehead atoms. The van der Waals surface area contributed by atoms with E-state index >= 15 is 0 Å². The van der Waals surface area contributed by atoms with Crippen LogP contribution in [0, 0.1) is 24.0 Å². The number of hydrogen-bond acceptors (Lipinski definition) is 6. The first-order chi connectivity index (χ1) is 9.69. The first-order valence-corrected chi connectivity index (χ1v) is 8.28. The normalized spacial score (nSPS) is 11.4. The maximum Gasteiger partial charge on any atom is 0.300 e. The summed E-state index contributed by atoms with van der Waals surface area (Å²) in [6.07, 6.45) is 0. The number of sulfonamides is 1. The third-order valence-corrected chi connectivity index (χ3v) is 5.61. The zero-order chi connectivity index (χ0) is 15.8. The Kier molecular flexibility index (Phi) is 4.17. The lowest BCUT2D eigenvalue weighted by Gasteiger charge is -2.06. The molecule has 0 amide bonds. The molecule has 2 aromatic rings. The van der Waals surface area contributed by atoms with Gasteiger partial charge in [0.05, 0.1) is 4.92 Å². The summed E-state index contributed by atoms with van der Waals surface area (Å²) in [4.78, 5) is 14.0. The van der Waals surface area contributed by atoms with Crippen LogP contribution in [-0.4, -0.2) is 18.3 Å². The lowest BCUT2D eigenvalue weighted by Crippen LogP contribution is -2.13. The van der Waals surface area contributed by atoms with Gasteiger partial charge in [-0.1, -0.05) is 11.6 Å². The van der Waals surface area contributed by atoms with Gasteiger partial charge in [-0.25, -0.2) is 13.4 Å². The van der Waals surface area contributed by atoms with Crippen LogP contribution < -0.4 is 4.72 Å². The Morgan fingerprint density at radius 1 is 1.33 bits per heavy atom. The molecule has 10 heteroatoms. The number of nitrogens with zero attached hydrogens (tertiary/aromatic N) is 2. The second-order valence-corrected chi connectivity index (χ2v) is 7.82. The second-order valence-electron chi connectivity index (χ2n) is 4.26.